The summed E-state index contributed by atoms with van der Waals surface area (Å²) in [5, 5.41) is 0. The van der Waals surface area contributed by atoms with E-state index in [-0.39, 0.29) is 23.9 Å². The highest BCUT2D eigenvalue weighted by molar-refractivity contribution is 5.83. The lowest BCUT2D eigenvalue weighted by molar-refractivity contribution is -0.122. The van der Waals surface area contributed by atoms with Crippen LogP contribution in [0, 0.1) is 23.6 Å². The molecule has 1 aromatic carbocycles. The van der Waals surface area contributed by atoms with Crippen molar-refractivity contribution in [2.75, 3.05) is 0 Å². The van der Waals surface area contributed by atoms with E-state index in [9.17, 15) is 9.18 Å². The lowest BCUT2D eigenvalue weighted by Crippen LogP contribution is -2.15. The number of carbonyl (C=O) groups is 1. The Labute approximate surface area is 94.7 Å². The molecule has 3 rings (SSSR count). The molecule has 0 aromatic heterocycles. The number of carbonyl (C=O) groups excluding carboxylic acids is 1. The van der Waals surface area contributed by atoms with Gasteiger partial charge in [-0.1, -0.05) is 18.2 Å². The Balaban J connectivity index is 1.66. The third-order valence-electron chi connectivity index (χ3n) is 4.02. The fraction of sp³-hybridized carbons (Fsp3) is 0.500. The highest BCUT2D eigenvalue weighted by atomic mass is 19.1. The molecule has 2 aliphatic rings. The molecule has 84 valence electrons. The molecule has 0 amide bonds. The van der Waals surface area contributed by atoms with Gasteiger partial charge in [0.15, 0.2) is 0 Å². The van der Waals surface area contributed by atoms with Crippen LogP contribution in [0.25, 0.3) is 0 Å². The first-order chi connectivity index (χ1) is 7.74. The van der Waals surface area contributed by atoms with Gasteiger partial charge in [-0.3, -0.25) is 4.79 Å². The van der Waals surface area contributed by atoms with E-state index >= 15 is 0 Å². The van der Waals surface area contributed by atoms with Gasteiger partial charge in [-0.15, -0.1) is 0 Å². The molecule has 0 heterocycles. The van der Waals surface area contributed by atoms with Gasteiger partial charge >= 0.3 is 0 Å². The van der Waals surface area contributed by atoms with E-state index in [0.29, 0.717) is 5.56 Å². The number of hydrogen-bond acceptors (Lipinski definition) is 1. The Bertz CT molecular complexity index is 416. The van der Waals surface area contributed by atoms with Gasteiger partial charge < -0.3 is 0 Å². The van der Waals surface area contributed by atoms with Crippen molar-refractivity contribution >= 4 is 5.78 Å². The molecule has 2 saturated carbocycles. The third kappa shape index (κ3) is 1.77. The van der Waals surface area contributed by atoms with Crippen LogP contribution in [0.4, 0.5) is 4.39 Å². The highest BCUT2D eigenvalue weighted by Crippen LogP contribution is 2.54. The van der Waals surface area contributed by atoms with Crippen LogP contribution in [-0.2, 0) is 11.2 Å². The molecule has 0 spiro atoms. The molecule has 16 heavy (non-hydrogen) atoms. The summed E-state index contributed by atoms with van der Waals surface area (Å²) in [5.74, 6) is 1.82. The summed E-state index contributed by atoms with van der Waals surface area (Å²) < 4.78 is 13.4. The number of ketones is 1. The van der Waals surface area contributed by atoms with E-state index in [4.69, 9.17) is 0 Å². The van der Waals surface area contributed by atoms with Crippen molar-refractivity contribution in [1.29, 1.82) is 0 Å². The second-order valence-electron chi connectivity index (χ2n) is 5.16. The van der Waals surface area contributed by atoms with Crippen molar-refractivity contribution in [1.82, 2.24) is 0 Å². The van der Waals surface area contributed by atoms with Crippen LogP contribution >= 0.6 is 0 Å². The Morgan fingerprint density at radius 2 is 1.88 bits per heavy atom. The zero-order chi connectivity index (χ0) is 11.1. The first kappa shape index (κ1) is 10.0. The minimum absolute atomic E-state index is 0.211. The molecular weight excluding hydrogens is 203 g/mol. The normalized spacial score (nSPS) is 31.2. The maximum absolute atomic E-state index is 13.4. The van der Waals surface area contributed by atoms with Crippen LogP contribution in [0.2, 0.25) is 0 Å². The summed E-state index contributed by atoms with van der Waals surface area (Å²) in [6.45, 7) is 0. The number of Topliss-reactive ketones (excluding diaryl/α,β-unsaturated/α-hetero) is 1. The van der Waals surface area contributed by atoms with Gasteiger partial charge in [0.05, 0.1) is 0 Å². The summed E-state index contributed by atoms with van der Waals surface area (Å²) in [6.07, 6.45) is 3.70. The van der Waals surface area contributed by atoms with Crippen molar-refractivity contribution < 1.29 is 9.18 Å². The Morgan fingerprint density at radius 1 is 1.19 bits per heavy atom. The van der Waals surface area contributed by atoms with E-state index in [2.05, 4.69) is 0 Å². The maximum atomic E-state index is 13.4. The minimum Gasteiger partial charge on any atom is -0.299 e. The van der Waals surface area contributed by atoms with Gasteiger partial charge in [0, 0.05) is 12.3 Å². The van der Waals surface area contributed by atoms with E-state index in [1.54, 1.807) is 18.2 Å². The molecule has 2 atom stereocenters. The standard InChI is InChI=1S/C14H15FO/c15-13-4-2-1-3-9(13)8-14(16)12-6-10-5-11(10)7-12/h1-4,10-12H,5-8H2. The summed E-state index contributed by atoms with van der Waals surface area (Å²) in [5.41, 5.74) is 0.549. The summed E-state index contributed by atoms with van der Waals surface area (Å²) in [6, 6.07) is 6.59. The van der Waals surface area contributed by atoms with Gasteiger partial charge in [-0.25, -0.2) is 4.39 Å². The second-order valence-corrected chi connectivity index (χ2v) is 5.16. The predicted molar refractivity (Wildman–Crippen MR) is 59.4 cm³/mol. The molecule has 0 radical (unpaired) electrons. The van der Waals surface area contributed by atoms with Gasteiger partial charge in [-0.2, -0.15) is 0 Å². The smallest absolute Gasteiger partial charge is 0.140 e. The second kappa shape index (κ2) is 3.69. The van der Waals surface area contributed by atoms with E-state index in [0.717, 1.165) is 24.7 Å². The van der Waals surface area contributed by atoms with Crippen LogP contribution in [0.3, 0.4) is 0 Å². The summed E-state index contributed by atoms with van der Waals surface area (Å²) >= 11 is 0. The molecule has 2 aliphatic carbocycles. The zero-order valence-electron chi connectivity index (χ0n) is 9.16. The molecule has 0 bridgehead atoms. The number of fused-ring (bicyclic) bond motifs is 1. The molecule has 0 saturated heterocycles. The van der Waals surface area contributed by atoms with Gasteiger partial charge in [0.25, 0.3) is 0 Å². The van der Waals surface area contributed by atoms with E-state index in [1.807, 2.05) is 0 Å². The van der Waals surface area contributed by atoms with Crippen molar-refractivity contribution in [3.05, 3.63) is 35.6 Å². The minimum atomic E-state index is -0.251. The van der Waals surface area contributed by atoms with Crippen LogP contribution < -0.4 is 0 Å². The number of hydrogen-bond donors (Lipinski definition) is 0. The lowest BCUT2D eigenvalue weighted by Gasteiger charge is -2.10. The topological polar surface area (TPSA) is 17.1 Å². The van der Waals surface area contributed by atoms with E-state index in [1.165, 1.54) is 12.5 Å². The average molecular weight is 218 g/mol. The Morgan fingerprint density at radius 3 is 2.56 bits per heavy atom. The monoisotopic (exact) mass is 218 g/mol. The number of benzene rings is 1. The van der Waals surface area contributed by atoms with Gasteiger partial charge in [0.1, 0.15) is 11.6 Å². The molecule has 1 nitrogen and oxygen atoms in total. The maximum Gasteiger partial charge on any atom is 0.140 e. The molecule has 2 unspecified atom stereocenters. The largest absolute Gasteiger partial charge is 0.299 e. The van der Waals surface area contributed by atoms with Crippen molar-refractivity contribution in [3.8, 4) is 0 Å². The molecule has 1 aromatic rings. The average Bonchev–Trinajstić information content (AvgIpc) is 2.89. The quantitative estimate of drug-likeness (QED) is 0.762. The zero-order valence-corrected chi connectivity index (χ0v) is 9.16. The Hall–Kier alpha value is -1.18. The lowest BCUT2D eigenvalue weighted by atomic mass is 9.93. The highest BCUT2D eigenvalue weighted by Gasteiger charge is 2.47. The van der Waals surface area contributed by atoms with Crippen molar-refractivity contribution in [3.63, 3.8) is 0 Å². The van der Waals surface area contributed by atoms with Gasteiger partial charge in [0.2, 0.25) is 0 Å². The van der Waals surface area contributed by atoms with Crippen molar-refractivity contribution in [2.24, 2.45) is 17.8 Å². The summed E-state index contributed by atoms with van der Waals surface area (Å²) in [4.78, 5) is 12.0. The molecular formula is C14H15FO. The molecule has 0 N–H and O–H groups in total. The van der Waals surface area contributed by atoms with Crippen LogP contribution in [0.1, 0.15) is 24.8 Å². The fourth-order valence-corrected chi connectivity index (χ4v) is 2.95. The van der Waals surface area contributed by atoms with Crippen LogP contribution in [0.5, 0.6) is 0 Å². The number of rotatable bonds is 3. The molecule has 2 heteroatoms. The van der Waals surface area contributed by atoms with Crippen molar-refractivity contribution in [2.45, 2.75) is 25.7 Å². The number of halogens is 1. The fourth-order valence-electron chi connectivity index (χ4n) is 2.95. The predicted octanol–water partition coefficient (Wildman–Crippen LogP) is 2.98. The SMILES string of the molecule is O=C(Cc1ccccc1F)C1CC2CC2C1. The third-order valence-corrected chi connectivity index (χ3v) is 4.02. The molecule has 0 aliphatic heterocycles. The van der Waals surface area contributed by atoms with Gasteiger partial charge in [-0.05, 0) is 42.7 Å². The van der Waals surface area contributed by atoms with E-state index < -0.39 is 0 Å². The molecule has 2 fully saturated rings. The van der Waals surface area contributed by atoms with Crippen LogP contribution in [0.15, 0.2) is 24.3 Å². The van der Waals surface area contributed by atoms with Crippen LogP contribution in [-0.4, -0.2) is 5.78 Å². The first-order valence-corrected chi connectivity index (χ1v) is 6.00. The Kier molecular flexibility index (Phi) is 2.31. The first-order valence-electron chi connectivity index (χ1n) is 6.00. The summed E-state index contributed by atoms with van der Waals surface area (Å²) in [7, 11) is 0.